The van der Waals surface area contributed by atoms with Gasteiger partial charge in [-0.1, -0.05) is 36.6 Å². The molecule has 1 heterocycles. The molecule has 1 atom stereocenters. The van der Waals surface area contributed by atoms with Crippen molar-refractivity contribution in [1.29, 1.82) is 0 Å². The van der Waals surface area contributed by atoms with Crippen molar-refractivity contribution in [3.8, 4) is 0 Å². The van der Waals surface area contributed by atoms with Gasteiger partial charge in [-0.05, 0) is 71.8 Å². The Bertz CT molecular complexity index is 1040. The van der Waals surface area contributed by atoms with Crippen molar-refractivity contribution in [2.45, 2.75) is 68.3 Å². The summed E-state index contributed by atoms with van der Waals surface area (Å²) in [5, 5.41) is 18.7. The first-order valence-corrected chi connectivity index (χ1v) is 11.8. The first-order chi connectivity index (χ1) is 13.2. The second kappa shape index (κ2) is 7.07. The van der Waals surface area contributed by atoms with Crippen LogP contribution in [0.4, 0.5) is 0 Å². The van der Waals surface area contributed by atoms with Crippen LogP contribution in [0.1, 0.15) is 68.2 Å². The second-order valence-corrected chi connectivity index (χ2v) is 10.6. The van der Waals surface area contributed by atoms with Gasteiger partial charge in [0.1, 0.15) is 16.2 Å². The van der Waals surface area contributed by atoms with Gasteiger partial charge in [0.05, 0.1) is 6.20 Å². The highest BCUT2D eigenvalue weighted by molar-refractivity contribution is 9.10. The van der Waals surface area contributed by atoms with Gasteiger partial charge in [0.15, 0.2) is 0 Å². The molecule has 0 saturated heterocycles. The van der Waals surface area contributed by atoms with E-state index in [0.717, 1.165) is 52.9 Å². The van der Waals surface area contributed by atoms with Crippen LogP contribution in [0.5, 0.6) is 0 Å². The molecule has 28 heavy (non-hydrogen) atoms. The third-order valence-electron chi connectivity index (χ3n) is 6.02. The molecular formula is C20H24BrN3O3S. The second-order valence-electron chi connectivity index (χ2n) is 7.99. The van der Waals surface area contributed by atoms with E-state index < -0.39 is 15.6 Å². The molecule has 0 amide bonds. The summed E-state index contributed by atoms with van der Waals surface area (Å²) >= 11 is 3.42. The van der Waals surface area contributed by atoms with E-state index in [2.05, 4.69) is 32.8 Å². The number of allylic oxidation sites excluding steroid dienone is 1. The smallest absolute Gasteiger partial charge is 0.285 e. The largest absolute Gasteiger partial charge is 0.383 e. The Morgan fingerprint density at radius 3 is 2.71 bits per heavy atom. The normalized spacial score (nSPS) is 21.5. The summed E-state index contributed by atoms with van der Waals surface area (Å²) in [7, 11) is -3.93. The number of rotatable bonds is 4. The first kappa shape index (κ1) is 19.8. The number of halogens is 1. The predicted molar refractivity (Wildman–Crippen MR) is 110 cm³/mol. The van der Waals surface area contributed by atoms with E-state index >= 15 is 0 Å². The third kappa shape index (κ3) is 3.25. The van der Waals surface area contributed by atoms with Crippen LogP contribution >= 0.6 is 15.9 Å². The Morgan fingerprint density at radius 1 is 1.32 bits per heavy atom. The first-order valence-electron chi connectivity index (χ1n) is 9.61. The molecule has 4 rings (SSSR count). The predicted octanol–water partition coefficient (Wildman–Crippen LogP) is 4.04. The van der Waals surface area contributed by atoms with E-state index in [-0.39, 0.29) is 10.8 Å². The Morgan fingerprint density at radius 2 is 2.04 bits per heavy atom. The molecule has 150 valence electrons. The van der Waals surface area contributed by atoms with Crippen LogP contribution in [0.15, 0.2) is 39.8 Å². The fourth-order valence-electron chi connectivity index (χ4n) is 4.39. The average molecular weight is 466 g/mol. The van der Waals surface area contributed by atoms with Gasteiger partial charge in [0, 0.05) is 10.4 Å². The number of hydrogen-bond donors (Lipinski definition) is 1. The van der Waals surface area contributed by atoms with Gasteiger partial charge in [0.2, 0.25) is 0 Å². The molecule has 1 aromatic heterocycles. The summed E-state index contributed by atoms with van der Waals surface area (Å²) in [5.74, 6) is 0.173. The zero-order valence-corrected chi connectivity index (χ0v) is 18.3. The van der Waals surface area contributed by atoms with Crippen molar-refractivity contribution in [1.82, 2.24) is 14.4 Å². The topological polar surface area (TPSA) is 85.1 Å². The summed E-state index contributed by atoms with van der Waals surface area (Å²) in [6, 6.07) is 3.62. The van der Waals surface area contributed by atoms with E-state index in [1.165, 1.54) is 6.20 Å². The maximum atomic E-state index is 13.3. The molecule has 2 aliphatic rings. The van der Waals surface area contributed by atoms with E-state index in [1.807, 2.05) is 13.0 Å². The van der Waals surface area contributed by atoms with Crippen molar-refractivity contribution >= 4 is 26.0 Å². The van der Waals surface area contributed by atoms with Gasteiger partial charge in [-0.3, -0.25) is 0 Å². The lowest BCUT2D eigenvalue weighted by atomic mass is 9.83. The minimum absolute atomic E-state index is 0.159. The number of aryl methyl sites for hydroxylation is 1. The van der Waals surface area contributed by atoms with E-state index in [1.54, 1.807) is 6.07 Å². The van der Waals surface area contributed by atoms with Crippen LogP contribution in [0.25, 0.3) is 0 Å². The minimum atomic E-state index is -3.93. The van der Waals surface area contributed by atoms with E-state index in [9.17, 15) is 13.5 Å². The molecule has 0 radical (unpaired) electrons. The summed E-state index contributed by atoms with van der Waals surface area (Å²) in [6.45, 7) is 6.03. The highest BCUT2D eigenvalue weighted by atomic mass is 79.9. The molecular weight excluding hydrogens is 442 g/mol. The van der Waals surface area contributed by atoms with Gasteiger partial charge in [-0.15, -0.1) is 9.19 Å². The molecule has 8 heteroatoms. The third-order valence-corrected chi connectivity index (χ3v) is 8.50. The number of fused-ring (bicyclic) bond motifs is 1. The van der Waals surface area contributed by atoms with Crippen LogP contribution < -0.4 is 0 Å². The maximum Gasteiger partial charge on any atom is 0.285 e. The van der Waals surface area contributed by atoms with Crippen molar-refractivity contribution < 1.29 is 13.5 Å². The number of nitrogens with zero attached hydrogens (tertiary/aromatic N) is 3. The monoisotopic (exact) mass is 465 g/mol. The number of aromatic nitrogens is 3. The highest BCUT2D eigenvalue weighted by Gasteiger charge is 2.36. The number of benzene rings is 1. The Hall–Kier alpha value is -1.51. The van der Waals surface area contributed by atoms with E-state index in [4.69, 9.17) is 0 Å². The van der Waals surface area contributed by atoms with Gasteiger partial charge >= 0.3 is 0 Å². The van der Waals surface area contributed by atoms with Crippen LogP contribution in [0, 0.1) is 0 Å². The molecule has 2 aliphatic carbocycles. The summed E-state index contributed by atoms with van der Waals surface area (Å²) in [6.07, 6.45) is 7.23. The summed E-state index contributed by atoms with van der Waals surface area (Å²) in [5.41, 5.74) is 2.43. The lowest BCUT2D eigenvalue weighted by Gasteiger charge is -2.29. The standard InChI is InChI=1S/C20H24BrN3O3S/c1-13(2)15-7-6-14-10-17(21)18(11-16(14)15)28(26,27)24-12-19(22-23-24)20(25)8-4-3-5-9-20/h10-12,15,25H,1,3-9H2,2H3. The quantitative estimate of drug-likeness (QED) is 0.688. The number of aliphatic hydroxyl groups is 1. The molecule has 2 aromatic rings. The van der Waals surface area contributed by atoms with Gasteiger partial charge in [-0.25, -0.2) is 0 Å². The molecule has 1 N–H and O–H groups in total. The fourth-order valence-corrected chi connectivity index (χ4v) is 6.55. The summed E-state index contributed by atoms with van der Waals surface area (Å²) < 4.78 is 27.9. The average Bonchev–Trinajstić information content (AvgIpc) is 3.29. The van der Waals surface area contributed by atoms with Gasteiger partial charge in [0.25, 0.3) is 10.0 Å². The number of hydrogen-bond acceptors (Lipinski definition) is 5. The molecule has 0 aliphatic heterocycles. The Balaban J connectivity index is 1.74. The molecule has 1 aromatic carbocycles. The molecule has 1 saturated carbocycles. The highest BCUT2D eigenvalue weighted by Crippen LogP contribution is 2.41. The maximum absolute atomic E-state index is 13.3. The Labute approximate surface area is 173 Å². The van der Waals surface area contributed by atoms with Gasteiger partial charge in [-0.2, -0.15) is 8.42 Å². The molecule has 0 bridgehead atoms. The van der Waals surface area contributed by atoms with Crippen molar-refractivity contribution in [2.75, 3.05) is 0 Å². The molecule has 6 nitrogen and oxygen atoms in total. The lowest BCUT2D eigenvalue weighted by Crippen LogP contribution is -2.28. The summed E-state index contributed by atoms with van der Waals surface area (Å²) in [4.78, 5) is 0.159. The molecule has 1 fully saturated rings. The van der Waals surface area contributed by atoms with Crippen LogP contribution in [-0.4, -0.2) is 27.9 Å². The van der Waals surface area contributed by atoms with E-state index in [0.29, 0.717) is 23.0 Å². The van der Waals surface area contributed by atoms with Crippen molar-refractivity contribution in [2.24, 2.45) is 0 Å². The SMILES string of the molecule is C=C(C)C1CCc2cc(Br)c(S(=O)(=O)n3cc(C4(O)CCCCC4)nn3)cc21. The minimum Gasteiger partial charge on any atom is -0.383 e. The zero-order chi connectivity index (χ0) is 20.1. The zero-order valence-electron chi connectivity index (χ0n) is 15.9. The molecule has 1 unspecified atom stereocenters. The fraction of sp³-hybridized carbons (Fsp3) is 0.500. The Kier molecular flexibility index (Phi) is 5.00. The van der Waals surface area contributed by atoms with Crippen molar-refractivity contribution in [3.63, 3.8) is 0 Å². The lowest BCUT2D eigenvalue weighted by molar-refractivity contribution is -0.00471. The molecule has 0 spiro atoms. The van der Waals surface area contributed by atoms with Crippen LogP contribution in [0.3, 0.4) is 0 Å². The van der Waals surface area contributed by atoms with Crippen LogP contribution in [-0.2, 0) is 22.0 Å². The van der Waals surface area contributed by atoms with Gasteiger partial charge < -0.3 is 5.11 Å². The van der Waals surface area contributed by atoms with Crippen LogP contribution in [0.2, 0.25) is 0 Å². The van der Waals surface area contributed by atoms with Crippen molar-refractivity contribution in [3.05, 3.63) is 51.8 Å².